The Kier molecular flexibility index (Phi) is 3.58. The molecule has 0 atom stereocenters. The van der Waals surface area contributed by atoms with Crippen LogP contribution in [0.5, 0.6) is 11.8 Å². The quantitative estimate of drug-likeness (QED) is 0.943. The highest BCUT2D eigenvalue weighted by Gasteiger charge is 2.36. The predicted molar refractivity (Wildman–Crippen MR) is 64.2 cm³/mol. The third-order valence-electron chi connectivity index (χ3n) is 2.55. The molecule has 0 bridgehead atoms. The van der Waals surface area contributed by atoms with E-state index in [1.54, 1.807) is 6.92 Å². The second kappa shape index (κ2) is 5.08. The van der Waals surface area contributed by atoms with E-state index < -0.39 is 29.3 Å². The first kappa shape index (κ1) is 14.8. The van der Waals surface area contributed by atoms with Crippen molar-refractivity contribution in [1.82, 2.24) is 14.8 Å². The molecule has 1 N–H and O–H groups in total. The van der Waals surface area contributed by atoms with Crippen molar-refractivity contribution in [3.05, 3.63) is 35.2 Å². The van der Waals surface area contributed by atoms with Crippen LogP contribution in [0.3, 0.4) is 0 Å². The van der Waals surface area contributed by atoms with Gasteiger partial charge in [-0.25, -0.2) is 14.5 Å². The highest BCUT2D eigenvalue weighted by Crippen LogP contribution is 2.37. The maximum atomic E-state index is 12.9. The first-order valence-electron chi connectivity index (χ1n) is 5.68. The molecule has 0 aliphatic rings. The minimum atomic E-state index is -4.72. The van der Waals surface area contributed by atoms with Gasteiger partial charge in [0.15, 0.2) is 5.69 Å². The number of aromatic carboxylic acids is 1. The van der Waals surface area contributed by atoms with E-state index in [2.05, 4.69) is 10.1 Å². The Morgan fingerprint density at radius 2 is 2.05 bits per heavy atom. The lowest BCUT2D eigenvalue weighted by molar-refractivity contribution is -0.138. The van der Waals surface area contributed by atoms with Crippen LogP contribution in [0.1, 0.15) is 21.7 Å². The Labute approximate surface area is 116 Å². The largest absolute Gasteiger partial charge is 0.477 e. The molecule has 112 valence electrons. The molecule has 9 heteroatoms. The Hall–Kier alpha value is -2.58. The van der Waals surface area contributed by atoms with E-state index in [1.165, 1.54) is 17.8 Å². The van der Waals surface area contributed by atoms with Gasteiger partial charge in [0.1, 0.15) is 5.56 Å². The van der Waals surface area contributed by atoms with Crippen LogP contribution in [0.15, 0.2) is 18.2 Å². The number of halogens is 3. The van der Waals surface area contributed by atoms with Crippen LogP contribution < -0.4 is 4.74 Å². The maximum absolute atomic E-state index is 12.9. The summed E-state index contributed by atoms with van der Waals surface area (Å²) in [6.07, 6.45) is -4.72. The lowest BCUT2D eigenvalue weighted by Gasteiger charge is -2.12. The van der Waals surface area contributed by atoms with Crippen LogP contribution in [-0.4, -0.2) is 25.8 Å². The van der Waals surface area contributed by atoms with Crippen LogP contribution in [0, 0.1) is 6.92 Å². The first-order valence-corrected chi connectivity index (χ1v) is 5.68. The van der Waals surface area contributed by atoms with Gasteiger partial charge in [-0.3, -0.25) is 0 Å². The molecule has 2 rings (SSSR count). The van der Waals surface area contributed by atoms with Crippen LogP contribution in [0.2, 0.25) is 0 Å². The van der Waals surface area contributed by atoms with Crippen molar-refractivity contribution in [3.8, 4) is 11.8 Å². The fourth-order valence-electron chi connectivity index (χ4n) is 1.63. The summed E-state index contributed by atoms with van der Waals surface area (Å²) in [5.74, 6) is -2.26. The molecular weight excluding hydrogens is 291 g/mol. The van der Waals surface area contributed by atoms with Gasteiger partial charge in [-0.1, -0.05) is 0 Å². The fraction of sp³-hybridized carbons (Fsp3) is 0.250. The van der Waals surface area contributed by atoms with Crippen molar-refractivity contribution in [2.45, 2.75) is 13.1 Å². The summed E-state index contributed by atoms with van der Waals surface area (Å²) in [6, 6.07) is 2.80. The minimum absolute atomic E-state index is 0.0213. The molecule has 0 radical (unpaired) electrons. The fourth-order valence-corrected chi connectivity index (χ4v) is 1.63. The number of carboxylic acids is 1. The first-order chi connectivity index (χ1) is 9.68. The average molecular weight is 301 g/mol. The summed E-state index contributed by atoms with van der Waals surface area (Å²) in [5.41, 5.74) is -1.17. The van der Waals surface area contributed by atoms with Crippen molar-refractivity contribution in [2.24, 2.45) is 7.05 Å². The molecule has 2 heterocycles. The molecule has 0 saturated carbocycles. The van der Waals surface area contributed by atoms with Crippen LogP contribution in [0.25, 0.3) is 0 Å². The zero-order valence-electron chi connectivity index (χ0n) is 11.0. The van der Waals surface area contributed by atoms with Gasteiger partial charge in [0.2, 0.25) is 11.8 Å². The third kappa shape index (κ3) is 3.12. The molecule has 0 saturated heterocycles. The zero-order chi connectivity index (χ0) is 15.8. The van der Waals surface area contributed by atoms with E-state index in [4.69, 9.17) is 9.84 Å². The van der Waals surface area contributed by atoms with Crippen molar-refractivity contribution in [1.29, 1.82) is 0 Å². The zero-order valence-corrected chi connectivity index (χ0v) is 11.0. The number of alkyl halides is 3. The van der Waals surface area contributed by atoms with Crippen LogP contribution in [0.4, 0.5) is 13.2 Å². The maximum Gasteiger partial charge on any atom is 0.421 e. The summed E-state index contributed by atoms with van der Waals surface area (Å²) >= 11 is 0. The smallest absolute Gasteiger partial charge is 0.421 e. The van der Waals surface area contributed by atoms with Crippen molar-refractivity contribution in [2.75, 3.05) is 0 Å². The van der Waals surface area contributed by atoms with Gasteiger partial charge in [-0.05, 0) is 19.1 Å². The Morgan fingerprint density at radius 1 is 1.38 bits per heavy atom. The molecule has 0 amide bonds. The van der Waals surface area contributed by atoms with Crippen molar-refractivity contribution in [3.63, 3.8) is 0 Å². The van der Waals surface area contributed by atoms with Gasteiger partial charge in [0.25, 0.3) is 0 Å². The minimum Gasteiger partial charge on any atom is -0.477 e. The number of rotatable bonds is 3. The summed E-state index contributed by atoms with van der Waals surface area (Å²) in [5, 5.41) is 12.7. The van der Waals surface area contributed by atoms with Crippen LogP contribution in [-0.2, 0) is 13.2 Å². The third-order valence-corrected chi connectivity index (χ3v) is 2.55. The van der Waals surface area contributed by atoms with E-state index >= 15 is 0 Å². The number of pyridine rings is 1. The molecule has 2 aromatic rings. The molecule has 21 heavy (non-hydrogen) atoms. The number of aryl methyl sites for hydroxylation is 2. The van der Waals surface area contributed by atoms with E-state index in [0.717, 1.165) is 6.07 Å². The van der Waals surface area contributed by atoms with Gasteiger partial charge in [0, 0.05) is 13.1 Å². The molecule has 2 aromatic heterocycles. The number of ether oxygens (including phenoxy) is 1. The standard InChI is InChI=1S/C12H10F3N3O3/c1-6-5-9(18(2)17-6)21-10-7(12(13,14)15)3-4-8(16-10)11(19)20/h3-5H,1-2H3,(H,19,20). The molecule has 6 nitrogen and oxygen atoms in total. The van der Waals surface area contributed by atoms with Gasteiger partial charge in [-0.15, -0.1) is 0 Å². The summed E-state index contributed by atoms with van der Waals surface area (Å²) < 4.78 is 45.0. The molecule has 0 aliphatic carbocycles. The molecule has 0 aromatic carbocycles. The molecule has 0 spiro atoms. The highest BCUT2D eigenvalue weighted by atomic mass is 19.4. The van der Waals surface area contributed by atoms with Crippen molar-refractivity contribution < 1.29 is 27.8 Å². The summed E-state index contributed by atoms with van der Waals surface area (Å²) in [7, 11) is 1.48. The normalized spacial score (nSPS) is 11.5. The SMILES string of the molecule is Cc1cc(Oc2nc(C(=O)O)ccc2C(F)(F)F)n(C)n1. The lowest BCUT2D eigenvalue weighted by Crippen LogP contribution is -2.11. The van der Waals surface area contributed by atoms with Gasteiger partial charge in [-0.2, -0.15) is 18.3 Å². The summed E-state index contributed by atoms with van der Waals surface area (Å²) in [6.45, 7) is 1.64. The highest BCUT2D eigenvalue weighted by molar-refractivity contribution is 5.85. The number of carboxylic acid groups (broad SMARTS) is 1. The second-order valence-electron chi connectivity index (χ2n) is 4.20. The summed E-state index contributed by atoms with van der Waals surface area (Å²) in [4.78, 5) is 14.2. The molecule has 0 unspecified atom stereocenters. The van der Waals surface area contributed by atoms with Crippen LogP contribution >= 0.6 is 0 Å². The molecular formula is C12H10F3N3O3. The monoisotopic (exact) mass is 301 g/mol. The van der Waals surface area contributed by atoms with Gasteiger partial charge in [0.05, 0.1) is 5.69 Å². The number of hydrogen-bond acceptors (Lipinski definition) is 4. The second-order valence-corrected chi connectivity index (χ2v) is 4.20. The number of hydrogen-bond donors (Lipinski definition) is 1. The molecule has 0 aliphatic heterocycles. The van der Waals surface area contributed by atoms with Gasteiger partial charge < -0.3 is 9.84 Å². The number of aromatic nitrogens is 3. The lowest BCUT2D eigenvalue weighted by atomic mass is 10.2. The Morgan fingerprint density at radius 3 is 2.52 bits per heavy atom. The van der Waals surface area contributed by atoms with E-state index in [9.17, 15) is 18.0 Å². The van der Waals surface area contributed by atoms with Gasteiger partial charge >= 0.3 is 12.1 Å². The van der Waals surface area contributed by atoms with E-state index in [0.29, 0.717) is 11.8 Å². The van der Waals surface area contributed by atoms with Crippen molar-refractivity contribution >= 4 is 5.97 Å². The average Bonchev–Trinajstić information content (AvgIpc) is 2.66. The Bertz CT molecular complexity index is 695. The Balaban J connectivity index is 2.51. The van der Waals surface area contributed by atoms with E-state index in [-0.39, 0.29) is 5.88 Å². The number of carbonyl (C=O) groups is 1. The topological polar surface area (TPSA) is 77.2 Å². The molecule has 0 fully saturated rings. The predicted octanol–water partition coefficient (Wildman–Crippen LogP) is 2.63. The number of nitrogens with zero attached hydrogens (tertiary/aromatic N) is 3. The van der Waals surface area contributed by atoms with E-state index in [1.807, 2.05) is 0 Å².